The zero-order valence-corrected chi connectivity index (χ0v) is 17.8. The summed E-state index contributed by atoms with van der Waals surface area (Å²) in [6.45, 7) is 7.28. The maximum Gasteiger partial charge on any atom is 0.246 e. The van der Waals surface area contributed by atoms with E-state index >= 15 is 0 Å². The highest BCUT2D eigenvalue weighted by atomic mass is 16.2. The van der Waals surface area contributed by atoms with E-state index < -0.39 is 0 Å². The van der Waals surface area contributed by atoms with Gasteiger partial charge >= 0.3 is 0 Å². The van der Waals surface area contributed by atoms with E-state index in [0.29, 0.717) is 19.6 Å². The van der Waals surface area contributed by atoms with Crippen molar-refractivity contribution in [2.75, 3.05) is 54.5 Å². The standard InChI is InChI=1S/C22H28N6O2/c1-16-6-4-7-18(12-16)28-13-19-21(25(3)14-20(28)30)23-15-24-22(19)27-9-5-8-26(10-11-27)17(2)29/h4,6-7,12,15H,5,8-11,13-14H2,1-3H3. The molecular weight excluding hydrogens is 380 g/mol. The van der Waals surface area contributed by atoms with Gasteiger partial charge in [-0.15, -0.1) is 0 Å². The first-order valence-corrected chi connectivity index (χ1v) is 10.4. The van der Waals surface area contributed by atoms with Crippen molar-refractivity contribution in [2.24, 2.45) is 0 Å². The number of aryl methyl sites for hydroxylation is 1. The molecule has 0 saturated carbocycles. The topological polar surface area (TPSA) is 72.9 Å². The Morgan fingerprint density at radius 2 is 1.83 bits per heavy atom. The molecule has 1 fully saturated rings. The molecule has 1 saturated heterocycles. The predicted octanol–water partition coefficient (Wildman–Crippen LogP) is 1.83. The number of benzene rings is 1. The second-order valence-electron chi connectivity index (χ2n) is 8.02. The van der Waals surface area contributed by atoms with Crippen LogP contribution in [0.25, 0.3) is 0 Å². The quantitative estimate of drug-likeness (QED) is 0.755. The minimum Gasteiger partial charge on any atom is -0.354 e. The van der Waals surface area contributed by atoms with Crippen LogP contribution in [0.15, 0.2) is 30.6 Å². The summed E-state index contributed by atoms with van der Waals surface area (Å²) < 4.78 is 0. The van der Waals surface area contributed by atoms with Crippen molar-refractivity contribution < 1.29 is 9.59 Å². The molecule has 2 amide bonds. The molecule has 8 heteroatoms. The van der Waals surface area contributed by atoms with Crippen LogP contribution in [0.2, 0.25) is 0 Å². The minimum atomic E-state index is 0.0330. The molecule has 2 aromatic rings. The molecule has 0 spiro atoms. The molecule has 158 valence electrons. The lowest BCUT2D eigenvalue weighted by atomic mass is 10.1. The molecule has 0 bridgehead atoms. The van der Waals surface area contributed by atoms with Crippen LogP contribution < -0.4 is 14.7 Å². The predicted molar refractivity (Wildman–Crippen MR) is 117 cm³/mol. The smallest absolute Gasteiger partial charge is 0.246 e. The third kappa shape index (κ3) is 3.94. The first-order valence-electron chi connectivity index (χ1n) is 10.4. The van der Waals surface area contributed by atoms with Crippen LogP contribution in [-0.2, 0) is 16.1 Å². The molecule has 3 heterocycles. The summed E-state index contributed by atoms with van der Waals surface area (Å²) in [5.41, 5.74) is 2.94. The fraction of sp³-hybridized carbons (Fsp3) is 0.455. The van der Waals surface area contributed by atoms with E-state index in [1.165, 1.54) is 0 Å². The third-order valence-corrected chi connectivity index (χ3v) is 5.81. The monoisotopic (exact) mass is 408 g/mol. The number of hydrogen-bond acceptors (Lipinski definition) is 6. The van der Waals surface area contributed by atoms with Crippen molar-refractivity contribution in [1.82, 2.24) is 14.9 Å². The first kappa shape index (κ1) is 20.1. The number of carbonyl (C=O) groups is 2. The van der Waals surface area contributed by atoms with E-state index in [2.05, 4.69) is 14.9 Å². The third-order valence-electron chi connectivity index (χ3n) is 5.81. The van der Waals surface area contributed by atoms with Crippen molar-refractivity contribution in [2.45, 2.75) is 26.8 Å². The molecule has 0 N–H and O–H groups in total. The Labute approximate surface area is 177 Å². The van der Waals surface area contributed by atoms with E-state index in [9.17, 15) is 9.59 Å². The Morgan fingerprint density at radius 3 is 2.60 bits per heavy atom. The number of aromatic nitrogens is 2. The Balaban J connectivity index is 1.70. The summed E-state index contributed by atoms with van der Waals surface area (Å²) in [5.74, 6) is 1.78. The summed E-state index contributed by atoms with van der Waals surface area (Å²) in [7, 11) is 1.90. The summed E-state index contributed by atoms with van der Waals surface area (Å²) in [6.07, 6.45) is 2.46. The van der Waals surface area contributed by atoms with E-state index in [1.807, 2.05) is 52.9 Å². The highest BCUT2D eigenvalue weighted by molar-refractivity contribution is 5.98. The van der Waals surface area contributed by atoms with Gasteiger partial charge in [-0.2, -0.15) is 0 Å². The first-order chi connectivity index (χ1) is 14.4. The SMILES string of the molecule is CC(=O)N1CCCN(c2ncnc3c2CN(c2cccc(C)c2)C(=O)CN3C)CC1. The minimum absolute atomic E-state index is 0.0330. The maximum atomic E-state index is 13.0. The van der Waals surface area contributed by atoms with Crippen LogP contribution in [-0.4, -0.2) is 66.5 Å². The van der Waals surface area contributed by atoms with E-state index in [0.717, 1.165) is 48.0 Å². The molecule has 0 aliphatic carbocycles. The van der Waals surface area contributed by atoms with Gasteiger partial charge in [0.25, 0.3) is 0 Å². The van der Waals surface area contributed by atoms with Gasteiger partial charge in [-0.1, -0.05) is 12.1 Å². The van der Waals surface area contributed by atoms with Crippen LogP contribution in [0.3, 0.4) is 0 Å². The molecule has 2 aliphatic rings. The van der Waals surface area contributed by atoms with Crippen LogP contribution in [0.1, 0.15) is 24.5 Å². The Hall–Kier alpha value is -3.16. The molecule has 1 aromatic heterocycles. The van der Waals surface area contributed by atoms with Crippen molar-refractivity contribution in [3.05, 3.63) is 41.7 Å². The lowest BCUT2D eigenvalue weighted by Crippen LogP contribution is -2.36. The van der Waals surface area contributed by atoms with Crippen LogP contribution in [0.4, 0.5) is 17.3 Å². The Bertz CT molecular complexity index is 962. The van der Waals surface area contributed by atoms with Gasteiger partial charge in [0.05, 0.1) is 18.7 Å². The van der Waals surface area contributed by atoms with Gasteiger partial charge in [-0.25, -0.2) is 9.97 Å². The normalized spacial score (nSPS) is 17.5. The Morgan fingerprint density at radius 1 is 1.03 bits per heavy atom. The molecule has 2 aliphatic heterocycles. The zero-order chi connectivity index (χ0) is 21.3. The van der Waals surface area contributed by atoms with E-state index in [4.69, 9.17) is 0 Å². The van der Waals surface area contributed by atoms with Gasteiger partial charge in [-0.3, -0.25) is 9.59 Å². The molecule has 0 radical (unpaired) electrons. The van der Waals surface area contributed by atoms with Crippen LogP contribution in [0.5, 0.6) is 0 Å². The summed E-state index contributed by atoms with van der Waals surface area (Å²) in [6, 6.07) is 8.00. The second-order valence-corrected chi connectivity index (χ2v) is 8.02. The molecular formula is C22H28N6O2. The zero-order valence-electron chi connectivity index (χ0n) is 17.8. The number of nitrogens with zero attached hydrogens (tertiary/aromatic N) is 6. The van der Waals surface area contributed by atoms with Gasteiger partial charge < -0.3 is 19.6 Å². The molecule has 8 nitrogen and oxygen atoms in total. The largest absolute Gasteiger partial charge is 0.354 e. The van der Waals surface area contributed by atoms with Crippen molar-refractivity contribution in [1.29, 1.82) is 0 Å². The summed E-state index contributed by atoms with van der Waals surface area (Å²) in [5, 5.41) is 0. The number of fused-ring (bicyclic) bond motifs is 1. The van der Waals surface area contributed by atoms with Crippen molar-refractivity contribution in [3.63, 3.8) is 0 Å². The lowest BCUT2D eigenvalue weighted by molar-refractivity contribution is -0.128. The number of likely N-dealkylation sites (N-methyl/N-ethyl adjacent to an activating group) is 1. The average Bonchev–Trinajstić information content (AvgIpc) is 3.04. The number of amides is 2. The summed E-state index contributed by atoms with van der Waals surface area (Å²) >= 11 is 0. The van der Waals surface area contributed by atoms with Gasteiger partial charge in [0, 0.05) is 45.8 Å². The number of rotatable bonds is 2. The van der Waals surface area contributed by atoms with Gasteiger partial charge in [0.15, 0.2) is 0 Å². The fourth-order valence-corrected chi connectivity index (χ4v) is 4.22. The van der Waals surface area contributed by atoms with Gasteiger partial charge in [-0.05, 0) is 31.0 Å². The van der Waals surface area contributed by atoms with E-state index in [-0.39, 0.29) is 18.4 Å². The molecule has 0 atom stereocenters. The molecule has 1 aromatic carbocycles. The number of carbonyl (C=O) groups excluding carboxylic acids is 2. The number of hydrogen-bond donors (Lipinski definition) is 0. The average molecular weight is 409 g/mol. The highest BCUT2D eigenvalue weighted by Gasteiger charge is 2.30. The molecule has 0 unspecified atom stereocenters. The highest BCUT2D eigenvalue weighted by Crippen LogP contribution is 2.32. The van der Waals surface area contributed by atoms with E-state index in [1.54, 1.807) is 13.3 Å². The van der Waals surface area contributed by atoms with Gasteiger partial charge in [0.2, 0.25) is 11.8 Å². The van der Waals surface area contributed by atoms with Crippen molar-refractivity contribution in [3.8, 4) is 0 Å². The van der Waals surface area contributed by atoms with Gasteiger partial charge in [0.1, 0.15) is 18.0 Å². The van der Waals surface area contributed by atoms with Crippen LogP contribution in [0, 0.1) is 6.92 Å². The summed E-state index contributed by atoms with van der Waals surface area (Å²) in [4.78, 5) is 41.8. The lowest BCUT2D eigenvalue weighted by Gasteiger charge is -2.27. The Kier molecular flexibility index (Phi) is 5.57. The molecule has 4 rings (SSSR count). The number of anilines is 3. The maximum absolute atomic E-state index is 13.0. The van der Waals surface area contributed by atoms with Crippen molar-refractivity contribution >= 4 is 29.1 Å². The fourth-order valence-electron chi connectivity index (χ4n) is 4.22. The second kappa shape index (κ2) is 8.30. The molecule has 30 heavy (non-hydrogen) atoms. The van der Waals surface area contributed by atoms with Crippen LogP contribution >= 0.6 is 0 Å².